The average Bonchev–Trinajstić information content (AvgIpc) is 2.87. The second kappa shape index (κ2) is 7.55. The van der Waals surface area contributed by atoms with E-state index in [9.17, 15) is 28.3 Å². The first kappa shape index (κ1) is 20.1. The van der Waals surface area contributed by atoms with Crippen molar-refractivity contribution in [3.05, 3.63) is 63.1 Å². The molecular weight excluding hydrogens is 396 g/mol. The SMILES string of the molecule is C[C@@H]1CCC[C@@H]2CN1C(=O)c1c(O)c(=O)c(C(=O)NCc3ccc(F)cc3F)cn12. The van der Waals surface area contributed by atoms with E-state index >= 15 is 0 Å². The number of fused-ring (bicyclic) bond motifs is 4. The van der Waals surface area contributed by atoms with Crippen molar-refractivity contribution in [3.63, 3.8) is 0 Å². The zero-order valence-electron chi connectivity index (χ0n) is 16.3. The van der Waals surface area contributed by atoms with Crippen LogP contribution in [-0.4, -0.2) is 39.0 Å². The molecule has 1 aromatic heterocycles. The third-order valence-corrected chi connectivity index (χ3v) is 5.87. The van der Waals surface area contributed by atoms with Gasteiger partial charge in [0.05, 0.1) is 6.04 Å². The van der Waals surface area contributed by atoms with E-state index in [0.29, 0.717) is 12.6 Å². The number of aromatic hydroxyl groups is 1. The fraction of sp³-hybridized carbons (Fsp3) is 0.381. The molecule has 0 unspecified atom stereocenters. The number of amides is 2. The Morgan fingerprint density at radius 3 is 2.77 bits per heavy atom. The number of carbonyl (C=O) groups is 2. The van der Waals surface area contributed by atoms with Gasteiger partial charge < -0.3 is 19.9 Å². The van der Waals surface area contributed by atoms with Crippen LogP contribution in [0.25, 0.3) is 0 Å². The van der Waals surface area contributed by atoms with Gasteiger partial charge in [-0.05, 0) is 32.3 Å². The van der Waals surface area contributed by atoms with Crippen LogP contribution in [0.3, 0.4) is 0 Å². The molecule has 1 aromatic carbocycles. The van der Waals surface area contributed by atoms with Crippen LogP contribution in [-0.2, 0) is 6.54 Å². The summed E-state index contributed by atoms with van der Waals surface area (Å²) in [6, 6.07) is 2.80. The summed E-state index contributed by atoms with van der Waals surface area (Å²) in [5.74, 6) is -3.57. The lowest BCUT2D eigenvalue weighted by molar-refractivity contribution is 0.0604. The molecule has 0 aliphatic carbocycles. The van der Waals surface area contributed by atoms with E-state index in [-0.39, 0.29) is 35.4 Å². The molecule has 2 atom stereocenters. The summed E-state index contributed by atoms with van der Waals surface area (Å²) in [7, 11) is 0. The predicted octanol–water partition coefficient (Wildman–Crippen LogP) is 2.33. The van der Waals surface area contributed by atoms with Crippen LogP contribution < -0.4 is 10.7 Å². The van der Waals surface area contributed by atoms with Gasteiger partial charge in [0.2, 0.25) is 5.43 Å². The topological polar surface area (TPSA) is 91.6 Å². The van der Waals surface area contributed by atoms with Gasteiger partial charge in [0, 0.05) is 37.0 Å². The van der Waals surface area contributed by atoms with Gasteiger partial charge in [-0.25, -0.2) is 8.78 Å². The van der Waals surface area contributed by atoms with Crippen molar-refractivity contribution in [3.8, 4) is 5.75 Å². The Kier molecular flexibility index (Phi) is 5.05. The molecule has 30 heavy (non-hydrogen) atoms. The van der Waals surface area contributed by atoms with Crippen LogP contribution in [0.2, 0.25) is 0 Å². The van der Waals surface area contributed by atoms with Crippen LogP contribution in [0.5, 0.6) is 5.75 Å². The highest BCUT2D eigenvalue weighted by Crippen LogP contribution is 2.34. The maximum absolute atomic E-state index is 13.8. The van der Waals surface area contributed by atoms with Crippen LogP contribution in [0.1, 0.15) is 58.6 Å². The highest BCUT2D eigenvalue weighted by Gasteiger charge is 2.38. The average molecular weight is 417 g/mol. The lowest BCUT2D eigenvalue weighted by Gasteiger charge is -2.37. The lowest BCUT2D eigenvalue weighted by atomic mass is 10.1. The molecule has 2 aliphatic rings. The number of hydrogen-bond acceptors (Lipinski definition) is 4. The lowest BCUT2D eigenvalue weighted by Crippen LogP contribution is -2.47. The molecule has 0 radical (unpaired) electrons. The van der Waals surface area contributed by atoms with Gasteiger partial charge in [0.15, 0.2) is 11.4 Å². The Morgan fingerprint density at radius 1 is 1.27 bits per heavy atom. The smallest absolute Gasteiger partial charge is 0.274 e. The van der Waals surface area contributed by atoms with Gasteiger partial charge in [-0.3, -0.25) is 14.4 Å². The minimum absolute atomic E-state index is 0.000618. The van der Waals surface area contributed by atoms with E-state index in [0.717, 1.165) is 25.3 Å². The third-order valence-electron chi connectivity index (χ3n) is 5.87. The Balaban J connectivity index is 1.66. The molecule has 4 rings (SSSR count). The summed E-state index contributed by atoms with van der Waals surface area (Å²) in [5, 5.41) is 12.9. The summed E-state index contributed by atoms with van der Waals surface area (Å²) in [4.78, 5) is 39.7. The number of hydrogen-bond donors (Lipinski definition) is 2. The number of carbonyl (C=O) groups excluding carboxylic acids is 2. The molecule has 158 valence electrons. The Morgan fingerprint density at radius 2 is 2.03 bits per heavy atom. The molecule has 2 amide bonds. The molecule has 2 N–H and O–H groups in total. The van der Waals surface area contributed by atoms with Gasteiger partial charge in [0.1, 0.15) is 17.2 Å². The number of nitrogens with one attached hydrogen (secondary N) is 1. The number of benzene rings is 1. The van der Waals surface area contributed by atoms with Crippen molar-refractivity contribution in [2.75, 3.05) is 6.54 Å². The molecule has 2 aromatic rings. The first-order valence-corrected chi connectivity index (χ1v) is 9.79. The second-order valence-electron chi connectivity index (χ2n) is 7.79. The highest BCUT2D eigenvalue weighted by molar-refractivity contribution is 5.99. The summed E-state index contributed by atoms with van der Waals surface area (Å²) in [6.45, 7) is 2.11. The van der Waals surface area contributed by atoms with E-state index < -0.39 is 34.6 Å². The molecule has 7 nitrogen and oxygen atoms in total. The van der Waals surface area contributed by atoms with Gasteiger partial charge in [-0.1, -0.05) is 6.07 Å². The molecule has 0 spiro atoms. The summed E-state index contributed by atoms with van der Waals surface area (Å²) in [6.07, 6.45) is 3.72. The molecular formula is C21H21F2N3O4. The zero-order chi connectivity index (χ0) is 21.6. The number of halogens is 2. The molecule has 1 saturated heterocycles. The van der Waals surface area contributed by atoms with E-state index in [2.05, 4.69) is 5.32 Å². The van der Waals surface area contributed by atoms with Crippen molar-refractivity contribution in [2.45, 2.75) is 44.8 Å². The summed E-state index contributed by atoms with van der Waals surface area (Å²) in [5.41, 5.74) is -1.35. The van der Waals surface area contributed by atoms with Crippen LogP contribution in [0, 0.1) is 11.6 Å². The van der Waals surface area contributed by atoms with E-state index in [1.54, 1.807) is 4.90 Å². The molecule has 1 fully saturated rings. The maximum atomic E-state index is 13.8. The Labute approximate surface area is 170 Å². The van der Waals surface area contributed by atoms with Gasteiger partial charge >= 0.3 is 0 Å². The van der Waals surface area contributed by atoms with E-state index in [1.807, 2.05) is 6.92 Å². The molecule has 9 heteroatoms. The fourth-order valence-corrected chi connectivity index (χ4v) is 4.17. The maximum Gasteiger partial charge on any atom is 0.274 e. The Hall–Kier alpha value is -3.23. The summed E-state index contributed by atoms with van der Waals surface area (Å²) >= 11 is 0. The van der Waals surface area contributed by atoms with Crippen molar-refractivity contribution in [1.29, 1.82) is 0 Å². The molecule has 2 aliphatic heterocycles. The predicted molar refractivity (Wildman–Crippen MR) is 103 cm³/mol. The van der Waals surface area contributed by atoms with Gasteiger partial charge in [-0.2, -0.15) is 0 Å². The Bertz CT molecular complexity index is 1100. The normalized spacial score (nSPS) is 20.5. The highest BCUT2D eigenvalue weighted by atomic mass is 19.1. The third kappa shape index (κ3) is 3.34. The van der Waals surface area contributed by atoms with Crippen LogP contribution in [0.4, 0.5) is 8.78 Å². The monoisotopic (exact) mass is 417 g/mol. The number of aromatic nitrogens is 1. The van der Waals surface area contributed by atoms with Gasteiger partial charge in [0.25, 0.3) is 11.8 Å². The fourth-order valence-electron chi connectivity index (χ4n) is 4.17. The standard InChI is InChI=1S/C21H21F2N3O4/c1-11-3-2-4-14-9-25(11)21(30)17-19(28)18(27)15(10-26(14)17)20(29)24-8-12-5-6-13(22)7-16(12)23/h5-7,10-11,14,28H,2-4,8-9H2,1H3,(H,24,29)/t11-,14-/m1/s1. The molecule has 2 bridgehead atoms. The number of nitrogens with zero attached hydrogens (tertiary/aromatic N) is 2. The zero-order valence-corrected chi connectivity index (χ0v) is 16.3. The van der Waals surface area contributed by atoms with Crippen LogP contribution >= 0.6 is 0 Å². The quantitative estimate of drug-likeness (QED) is 0.802. The molecule has 3 heterocycles. The van der Waals surface area contributed by atoms with Crippen molar-refractivity contribution >= 4 is 11.8 Å². The van der Waals surface area contributed by atoms with E-state index in [4.69, 9.17) is 0 Å². The first-order valence-electron chi connectivity index (χ1n) is 9.79. The second-order valence-corrected chi connectivity index (χ2v) is 7.79. The van der Waals surface area contributed by atoms with E-state index in [1.165, 1.54) is 16.8 Å². The van der Waals surface area contributed by atoms with Crippen LogP contribution in [0.15, 0.2) is 29.2 Å². The largest absolute Gasteiger partial charge is 0.503 e. The minimum Gasteiger partial charge on any atom is -0.503 e. The molecule has 0 saturated carbocycles. The number of pyridine rings is 1. The summed E-state index contributed by atoms with van der Waals surface area (Å²) < 4.78 is 28.3. The van der Waals surface area contributed by atoms with Crippen molar-refractivity contribution in [2.24, 2.45) is 0 Å². The first-order chi connectivity index (χ1) is 14.3. The van der Waals surface area contributed by atoms with Gasteiger partial charge in [-0.15, -0.1) is 0 Å². The van der Waals surface area contributed by atoms with Crippen molar-refractivity contribution < 1.29 is 23.5 Å². The van der Waals surface area contributed by atoms with Crippen molar-refractivity contribution in [1.82, 2.24) is 14.8 Å². The minimum atomic E-state index is -0.959. The number of rotatable bonds is 3.